The molecule has 8 nitrogen and oxygen atoms in total. The third-order valence-corrected chi connectivity index (χ3v) is 6.04. The van der Waals surface area contributed by atoms with Gasteiger partial charge in [0.15, 0.2) is 0 Å². The normalized spacial score (nSPS) is 13.7. The largest absolute Gasteiger partial charge is 0.364 e. The van der Waals surface area contributed by atoms with Gasteiger partial charge < -0.3 is 10.6 Å². The van der Waals surface area contributed by atoms with Gasteiger partial charge in [0.05, 0.1) is 10.5 Å². The standard InChI is InChI=1S/C17H18N4O4S/c1-20(2)26(24,25)13-4-6-15-11(9-13)7-8-21(15)17(23)12-3-5-14(16(18)22)19-10-12/h3-6,9-10H,7-8H2,1-2H3,(H2,18,22). The quantitative estimate of drug-likeness (QED) is 0.843. The van der Waals surface area contributed by atoms with E-state index < -0.39 is 15.9 Å². The molecule has 1 aliphatic rings. The molecule has 2 amide bonds. The highest BCUT2D eigenvalue weighted by atomic mass is 32.2. The molecule has 0 saturated heterocycles. The summed E-state index contributed by atoms with van der Waals surface area (Å²) in [7, 11) is -0.578. The summed E-state index contributed by atoms with van der Waals surface area (Å²) in [6.07, 6.45) is 1.87. The summed E-state index contributed by atoms with van der Waals surface area (Å²) >= 11 is 0. The van der Waals surface area contributed by atoms with Crippen molar-refractivity contribution >= 4 is 27.5 Å². The Morgan fingerprint density at radius 3 is 2.50 bits per heavy atom. The lowest BCUT2D eigenvalue weighted by Crippen LogP contribution is -2.29. The van der Waals surface area contributed by atoms with Gasteiger partial charge in [0.25, 0.3) is 11.8 Å². The van der Waals surface area contributed by atoms with Gasteiger partial charge in [-0.3, -0.25) is 14.6 Å². The number of hydrogen-bond acceptors (Lipinski definition) is 5. The van der Waals surface area contributed by atoms with Crippen molar-refractivity contribution in [1.29, 1.82) is 0 Å². The molecule has 1 aromatic heterocycles. The second-order valence-corrected chi connectivity index (χ2v) is 8.23. The average molecular weight is 374 g/mol. The molecule has 3 rings (SSSR count). The predicted octanol–water partition coefficient (Wildman–Crippen LogP) is 0.634. The maximum absolute atomic E-state index is 12.7. The van der Waals surface area contributed by atoms with E-state index in [0.717, 1.165) is 9.87 Å². The Hall–Kier alpha value is -2.78. The van der Waals surface area contributed by atoms with E-state index >= 15 is 0 Å². The number of carbonyl (C=O) groups excluding carboxylic acids is 2. The second kappa shape index (κ2) is 6.50. The fourth-order valence-electron chi connectivity index (χ4n) is 2.78. The summed E-state index contributed by atoms with van der Waals surface area (Å²) in [6.45, 7) is 0.442. The lowest BCUT2D eigenvalue weighted by molar-refractivity contribution is 0.0979. The first-order chi connectivity index (χ1) is 12.2. The lowest BCUT2D eigenvalue weighted by Gasteiger charge is -2.18. The van der Waals surface area contributed by atoms with Crippen LogP contribution in [-0.2, 0) is 16.4 Å². The van der Waals surface area contributed by atoms with Gasteiger partial charge in [-0.15, -0.1) is 0 Å². The van der Waals surface area contributed by atoms with Crippen LogP contribution in [0.5, 0.6) is 0 Å². The Balaban J connectivity index is 1.90. The first kappa shape index (κ1) is 18.0. The number of nitrogens with two attached hydrogens (primary N) is 1. The molecule has 136 valence electrons. The molecular formula is C17H18N4O4S. The molecule has 2 N–H and O–H groups in total. The number of hydrogen-bond donors (Lipinski definition) is 1. The molecule has 0 unspecified atom stereocenters. The Morgan fingerprint density at radius 1 is 1.19 bits per heavy atom. The van der Waals surface area contributed by atoms with Crippen LogP contribution in [0.2, 0.25) is 0 Å². The van der Waals surface area contributed by atoms with Gasteiger partial charge in [-0.2, -0.15) is 0 Å². The van der Waals surface area contributed by atoms with Gasteiger partial charge in [-0.05, 0) is 42.3 Å². The maximum Gasteiger partial charge on any atom is 0.267 e. The van der Waals surface area contributed by atoms with Crippen LogP contribution in [-0.4, -0.2) is 50.2 Å². The lowest BCUT2D eigenvalue weighted by atomic mass is 10.1. The number of amides is 2. The molecular weight excluding hydrogens is 356 g/mol. The number of benzene rings is 1. The zero-order valence-electron chi connectivity index (χ0n) is 14.3. The molecule has 2 aromatic rings. The van der Waals surface area contributed by atoms with Gasteiger partial charge in [0, 0.05) is 32.5 Å². The van der Waals surface area contributed by atoms with E-state index in [9.17, 15) is 18.0 Å². The SMILES string of the molecule is CN(C)S(=O)(=O)c1ccc2c(c1)CCN2C(=O)c1ccc(C(N)=O)nc1. The van der Waals surface area contributed by atoms with E-state index in [0.29, 0.717) is 24.2 Å². The van der Waals surface area contributed by atoms with E-state index in [4.69, 9.17) is 5.73 Å². The van der Waals surface area contributed by atoms with Crippen molar-refractivity contribution in [3.63, 3.8) is 0 Å². The van der Waals surface area contributed by atoms with Crippen molar-refractivity contribution in [2.45, 2.75) is 11.3 Å². The molecule has 0 atom stereocenters. The zero-order valence-corrected chi connectivity index (χ0v) is 15.2. The Labute approximate surface area is 151 Å². The molecule has 9 heteroatoms. The smallest absolute Gasteiger partial charge is 0.267 e. The summed E-state index contributed by atoms with van der Waals surface area (Å²) in [5.74, 6) is -0.930. The Bertz CT molecular complexity index is 984. The van der Waals surface area contributed by atoms with Crippen LogP contribution in [0.1, 0.15) is 26.4 Å². The number of sulfonamides is 1. The fraction of sp³-hybridized carbons (Fsp3) is 0.235. The number of rotatable bonds is 4. The molecule has 0 bridgehead atoms. The maximum atomic E-state index is 12.7. The third-order valence-electron chi connectivity index (χ3n) is 4.23. The first-order valence-corrected chi connectivity index (χ1v) is 9.29. The number of fused-ring (bicyclic) bond motifs is 1. The highest BCUT2D eigenvalue weighted by molar-refractivity contribution is 7.89. The monoisotopic (exact) mass is 374 g/mol. The van der Waals surface area contributed by atoms with Crippen molar-refractivity contribution < 1.29 is 18.0 Å². The topological polar surface area (TPSA) is 114 Å². The number of carbonyl (C=O) groups is 2. The number of primary amides is 1. The molecule has 2 heterocycles. The Morgan fingerprint density at radius 2 is 1.92 bits per heavy atom. The van der Waals surface area contributed by atoms with E-state index in [1.54, 1.807) is 17.0 Å². The number of aromatic nitrogens is 1. The minimum atomic E-state index is -3.53. The third kappa shape index (κ3) is 3.06. The van der Waals surface area contributed by atoms with Gasteiger partial charge >= 0.3 is 0 Å². The van der Waals surface area contributed by atoms with Crippen molar-refractivity contribution in [2.75, 3.05) is 25.5 Å². The van der Waals surface area contributed by atoms with Crippen LogP contribution < -0.4 is 10.6 Å². The molecule has 1 aliphatic heterocycles. The second-order valence-electron chi connectivity index (χ2n) is 6.08. The summed E-state index contributed by atoms with van der Waals surface area (Å²) in [5, 5.41) is 0. The summed E-state index contributed by atoms with van der Waals surface area (Å²) in [6, 6.07) is 7.64. The van der Waals surface area contributed by atoms with E-state index in [1.807, 2.05) is 0 Å². The summed E-state index contributed by atoms with van der Waals surface area (Å²) in [4.78, 5) is 29.5. The van der Waals surface area contributed by atoms with Gasteiger partial charge in [0.1, 0.15) is 5.69 Å². The zero-order chi connectivity index (χ0) is 19.1. The average Bonchev–Trinajstić information content (AvgIpc) is 3.04. The number of anilines is 1. The summed E-state index contributed by atoms with van der Waals surface area (Å²) in [5.41, 5.74) is 7.03. The van der Waals surface area contributed by atoms with Gasteiger partial charge in [-0.1, -0.05) is 0 Å². The summed E-state index contributed by atoms with van der Waals surface area (Å²) < 4.78 is 25.7. The van der Waals surface area contributed by atoms with Gasteiger partial charge in [-0.25, -0.2) is 12.7 Å². The molecule has 0 spiro atoms. The van der Waals surface area contributed by atoms with E-state index in [2.05, 4.69) is 4.98 Å². The van der Waals surface area contributed by atoms with Crippen molar-refractivity contribution in [3.05, 3.63) is 53.3 Å². The minimum Gasteiger partial charge on any atom is -0.364 e. The fourth-order valence-corrected chi connectivity index (χ4v) is 3.74. The van der Waals surface area contributed by atoms with Gasteiger partial charge in [0.2, 0.25) is 10.0 Å². The van der Waals surface area contributed by atoms with Crippen molar-refractivity contribution in [3.8, 4) is 0 Å². The van der Waals surface area contributed by atoms with Crippen LogP contribution in [0.3, 0.4) is 0 Å². The predicted molar refractivity (Wildman–Crippen MR) is 95.5 cm³/mol. The molecule has 0 saturated carbocycles. The minimum absolute atomic E-state index is 0.0851. The Kier molecular flexibility index (Phi) is 4.51. The van der Waals surface area contributed by atoms with E-state index in [1.165, 1.54) is 38.5 Å². The van der Waals surface area contributed by atoms with Crippen molar-refractivity contribution in [1.82, 2.24) is 9.29 Å². The highest BCUT2D eigenvalue weighted by Gasteiger charge is 2.28. The van der Waals surface area contributed by atoms with Crippen LogP contribution in [0.4, 0.5) is 5.69 Å². The highest BCUT2D eigenvalue weighted by Crippen LogP contribution is 2.31. The van der Waals surface area contributed by atoms with E-state index in [-0.39, 0.29) is 16.5 Å². The molecule has 1 aromatic carbocycles. The number of nitrogens with zero attached hydrogens (tertiary/aromatic N) is 3. The molecule has 0 fully saturated rings. The first-order valence-electron chi connectivity index (χ1n) is 7.85. The van der Waals surface area contributed by atoms with Crippen LogP contribution >= 0.6 is 0 Å². The molecule has 0 radical (unpaired) electrons. The molecule has 26 heavy (non-hydrogen) atoms. The van der Waals surface area contributed by atoms with Crippen molar-refractivity contribution in [2.24, 2.45) is 5.73 Å². The van der Waals surface area contributed by atoms with Crippen LogP contribution in [0.25, 0.3) is 0 Å². The van der Waals surface area contributed by atoms with Crippen LogP contribution in [0.15, 0.2) is 41.4 Å². The van der Waals surface area contributed by atoms with Crippen LogP contribution in [0, 0.1) is 0 Å². The molecule has 0 aliphatic carbocycles. The number of pyridine rings is 1.